The molecule has 0 aliphatic carbocycles. The lowest BCUT2D eigenvalue weighted by molar-refractivity contribution is 0.00316. The Balaban J connectivity index is 2.83. The van der Waals surface area contributed by atoms with Crippen LogP contribution in [0.4, 0.5) is 13.2 Å². The van der Waals surface area contributed by atoms with E-state index in [1.165, 1.54) is 6.92 Å². The van der Waals surface area contributed by atoms with Gasteiger partial charge in [0.1, 0.15) is 5.60 Å². The fraction of sp³-hybridized carbons (Fsp3) is 0.364. The quantitative estimate of drug-likeness (QED) is 0.696. The van der Waals surface area contributed by atoms with Gasteiger partial charge in [0.2, 0.25) is 0 Å². The first-order valence-electron chi connectivity index (χ1n) is 5.03. The van der Waals surface area contributed by atoms with Crippen molar-refractivity contribution in [2.75, 3.05) is 13.2 Å². The Morgan fingerprint density at radius 1 is 1.33 bits per heavy atom. The van der Waals surface area contributed by atoms with Gasteiger partial charge in [-0.3, -0.25) is 4.79 Å². The molecule has 1 aromatic carbocycles. The SMILES string of the molecule is CC(O)(CO)CNC(=O)c1ccc(F)c(F)c1F. The van der Waals surface area contributed by atoms with Gasteiger partial charge in [-0.2, -0.15) is 0 Å². The molecule has 1 atom stereocenters. The monoisotopic (exact) mass is 263 g/mol. The molecule has 0 spiro atoms. The number of aliphatic hydroxyl groups excluding tert-OH is 1. The Morgan fingerprint density at radius 2 is 1.94 bits per heavy atom. The number of carbonyl (C=O) groups is 1. The first-order chi connectivity index (χ1) is 8.28. The molecule has 0 fully saturated rings. The molecule has 0 aliphatic rings. The van der Waals surface area contributed by atoms with Crippen molar-refractivity contribution in [2.45, 2.75) is 12.5 Å². The second kappa shape index (κ2) is 5.36. The molecular formula is C11H12F3NO3. The molecule has 1 aromatic rings. The van der Waals surface area contributed by atoms with Crippen molar-refractivity contribution in [3.8, 4) is 0 Å². The molecule has 0 aliphatic heterocycles. The summed E-state index contributed by atoms with van der Waals surface area (Å²) in [6, 6.07) is 1.41. The molecule has 1 rings (SSSR count). The maximum atomic E-state index is 13.2. The van der Waals surface area contributed by atoms with Gasteiger partial charge < -0.3 is 15.5 Å². The number of halogens is 3. The van der Waals surface area contributed by atoms with Gasteiger partial charge in [-0.15, -0.1) is 0 Å². The molecule has 18 heavy (non-hydrogen) atoms. The molecule has 0 radical (unpaired) electrons. The lowest BCUT2D eigenvalue weighted by atomic mass is 10.1. The molecule has 0 heterocycles. The van der Waals surface area contributed by atoms with Gasteiger partial charge in [0.05, 0.1) is 12.2 Å². The predicted octanol–water partition coefficient (Wildman–Crippen LogP) is 0.577. The fourth-order valence-corrected chi connectivity index (χ4v) is 1.12. The number of rotatable bonds is 4. The van der Waals surface area contributed by atoms with Gasteiger partial charge in [0.15, 0.2) is 17.5 Å². The number of carbonyl (C=O) groups excluding carboxylic acids is 1. The highest BCUT2D eigenvalue weighted by Gasteiger charge is 2.23. The third kappa shape index (κ3) is 3.21. The van der Waals surface area contributed by atoms with Crippen LogP contribution >= 0.6 is 0 Å². The predicted molar refractivity (Wildman–Crippen MR) is 56.4 cm³/mol. The van der Waals surface area contributed by atoms with E-state index in [9.17, 15) is 23.1 Å². The molecule has 0 saturated heterocycles. The van der Waals surface area contributed by atoms with Gasteiger partial charge >= 0.3 is 0 Å². The van der Waals surface area contributed by atoms with E-state index < -0.39 is 41.1 Å². The first-order valence-corrected chi connectivity index (χ1v) is 5.03. The zero-order valence-corrected chi connectivity index (χ0v) is 9.51. The van der Waals surface area contributed by atoms with Crippen LogP contribution < -0.4 is 5.32 Å². The summed E-state index contributed by atoms with van der Waals surface area (Å²) in [5.74, 6) is -5.75. The molecule has 7 heteroatoms. The lowest BCUT2D eigenvalue weighted by Gasteiger charge is -2.20. The average Bonchev–Trinajstić information content (AvgIpc) is 2.33. The maximum Gasteiger partial charge on any atom is 0.254 e. The highest BCUT2D eigenvalue weighted by molar-refractivity contribution is 5.94. The standard InChI is InChI=1S/C11H12F3NO3/c1-11(18,5-16)4-15-10(17)6-2-3-7(12)9(14)8(6)13/h2-3,16,18H,4-5H2,1H3,(H,15,17). The van der Waals surface area contributed by atoms with E-state index in [1.807, 2.05) is 0 Å². The van der Waals surface area contributed by atoms with Crippen LogP contribution in [0, 0.1) is 17.5 Å². The average molecular weight is 263 g/mol. The van der Waals surface area contributed by atoms with Crippen molar-refractivity contribution in [3.05, 3.63) is 35.1 Å². The molecule has 0 bridgehead atoms. The minimum Gasteiger partial charge on any atom is -0.393 e. The minimum atomic E-state index is -1.74. The van der Waals surface area contributed by atoms with Gasteiger partial charge in [-0.1, -0.05) is 0 Å². The normalized spacial score (nSPS) is 14.1. The number of nitrogens with one attached hydrogen (secondary N) is 1. The summed E-state index contributed by atoms with van der Waals surface area (Å²) < 4.78 is 38.7. The summed E-state index contributed by atoms with van der Waals surface area (Å²) in [5.41, 5.74) is -2.26. The van der Waals surface area contributed by atoms with E-state index in [-0.39, 0.29) is 6.54 Å². The largest absolute Gasteiger partial charge is 0.393 e. The van der Waals surface area contributed by atoms with Crippen LogP contribution in [-0.4, -0.2) is 34.9 Å². The second-order valence-electron chi connectivity index (χ2n) is 4.06. The molecule has 3 N–H and O–H groups in total. The van der Waals surface area contributed by atoms with Crippen molar-refractivity contribution < 1.29 is 28.2 Å². The third-order valence-corrected chi connectivity index (χ3v) is 2.25. The number of hydrogen-bond donors (Lipinski definition) is 3. The van der Waals surface area contributed by atoms with Crippen molar-refractivity contribution in [1.82, 2.24) is 5.32 Å². The Hall–Kier alpha value is -1.60. The van der Waals surface area contributed by atoms with E-state index in [4.69, 9.17) is 5.11 Å². The summed E-state index contributed by atoms with van der Waals surface area (Å²) in [5, 5.41) is 20.2. The van der Waals surface area contributed by atoms with Crippen LogP contribution in [0.25, 0.3) is 0 Å². The Bertz CT molecular complexity index is 463. The van der Waals surface area contributed by atoms with Gasteiger partial charge in [-0.05, 0) is 19.1 Å². The van der Waals surface area contributed by atoms with E-state index in [0.717, 1.165) is 6.07 Å². The van der Waals surface area contributed by atoms with Gasteiger partial charge in [0.25, 0.3) is 5.91 Å². The number of benzene rings is 1. The van der Waals surface area contributed by atoms with E-state index in [0.29, 0.717) is 6.07 Å². The van der Waals surface area contributed by atoms with Crippen molar-refractivity contribution in [2.24, 2.45) is 0 Å². The summed E-state index contributed by atoms with van der Waals surface area (Å²) in [6.45, 7) is 0.267. The van der Waals surface area contributed by atoms with Gasteiger partial charge in [0, 0.05) is 6.54 Å². The summed E-state index contributed by atoms with van der Waals surface area (Å²) in [4.78, 5) is 11.5. The topological polar surface area (TPSA) is 69.6 Å². The first kappa shape index (κ1) is 14.5. The van der Waals surface area contributed by atoms with Crippen LogP contribution in [0.5, 0.6) is 0 Å². The van der Waals surface area contributed by atoms with E-state index >= 15 is 0 Å². The van der Waals surface area contributed by atoms with Crippen molar-refractivity contribution >= 4 is 5.91 Å². The summed E-state index contributed by atoms with van der Waals surface area (Å²) in [6.07, 6.45) is 0. The Kier molecular flexibility index (Phi) is 4.31. The third-order valence-electron chi connectivity index (χ3n) is 2.25. The Morgan fingerprint density at radius 3 is 2.50 bits per heavy atom. The van der Waals surface area contributed by atoms with Crippen molar-refractivity contribution in [1.29, 1.82) is 0 Å². The zero-order valence-electron chi connectivity index (χ0n) is 9.51. The highest BCUT2D eigenvalue weighted by Crippen LogP contribution is 2.15. The molecule has 0 aromatic heterocycles. The number of aliphatic hydroxyl groups is 2. The fourth-order valence-electron chi connectivity index (χ4n) is 1.12. The van der Waals surface area contributed by atoms with Crippen LogP contribution in [0.2, 0.25) is 0 Å². The molecule has 0 saturated carbocycles. The minimum absolute atomic E-state index is 0.360. The van der Waals surface area contributed by atoms with E-state index in [1.54, 1.807) is 0 Å². The summed E-state index contributed by atoms with van der Waals surface area (Å²) >= 11 is 0. The molecular weight excluding hydrogens is 251 g/mol. The molecule has 1 amide bonds. The van der Waals surface area contributed by atoms with Crippen molar-refractivity contribution in [3.63, 3.8) is 0 Å². The van der Waals surface area contributed by atoms with E-state index in [2.05, 4.69) is 5.32 Å². The van der Waals surface area contributed by atoms with Crippen LogP contribution in [0.3, 0.4) is 0 Å². The smallest absolute Gasteiger partial charge is 0.254 e. The van der Waals surface area contributed by atoms with Gasteiger partial charge in [-0.25, -0.2) is 13.2 Å². The molecule has 100 valence electrons. The van der Waals surface area contributed by atoms with Crippen LogP contribution in [0.1, 0.15) is 17.3 Å². The lowest BCUT2D eigenvalue weighted by Crippen LogP contribution is -2.43. The van der Waals surface area contributed by atoms with Crippen LogP contribution in [0.15, 0.2) is 12.1 Å². The van der Waals surface area contributed by atoms with Crippen LogP contribution in [-0.2, 0) is 0 Å². The second-order valence-corrected chi connectivity index (χ2v) is 4.06. The summed E-state index contributed by atoms with van der Waals surface area (Å²) in [7, 11) is 0. The maximum absolute atomic E-state index is 13.2. The molecule has 1 unspecified atom stereocenters. The number of hydrogen-bond acceptors (Lipinski definition) is 3. The number of amides is 1. The zero-order chi connectivity index (χ0) is 13.9. The molecule has 4 nitrogen and oxygen atoms in total. The highest BCUT2D eigenvalue weighted by atomic mass is 19.2. The Labute approximate surface area is 101 Å².